The summed E-state index contributed by atoms with van der Waals surface area (Å²) in [7, 11) is 2.14. The number of halogens is 3. The van der Waals surface area contributed by atoms with Crippen LogP contribution in [0.4, 0.5) is 19.0 Å². The third-order valence-electron chi connectivity index (χ3n) is 5.56. The summed E-state index contributed by atoms with van der Waals surface area (Å²) in [6, 6.07) is 6.20. The van der Waals surface area contributed by atoms with E-state index in [1.54, 1.807) is 12.1 Å². The summed E-state index contributed by atoms with van der Waals surface area (Å²) in [5.41, 5.74) is 3.07. The summed E-state index contributed by atoms with van der Waals surface area (Å²) < 4.78 is 43.1. The zero-order valence-corrected chi connectivity index (χ0v) is 15.9. The fraction of sp³-hybridized carbons (Fsp3) is 0.550. The van der Waals surface area contributed by atoms with Gasteiger partial charge in [0.05, 0.1) is 17.4 Å². The molecule has 2 aliphatic rings. The number of anilines is 1. The number of benzene rings is 1. The largest absolute Gasteiger partial charge is 0.573 e. The number of fused-ring (bicyclic) bond motifs is 1. The van der Waals surface area contributed by atoms with E-state index >= 15 is 0 Å². The normalized spacial score (nSPS) is 20.9. The van der Waals surface area contributed by atoms with Crippen LogP contribution in [0.25, 0.3) is 5.69 Å². The molecule has 1 atom stereocenters. The average molecular weight is 394 g/mol. The second-order valence-electron chi connectivity index (χ2n) is 7.54. The molecule has 4 rings (SSSR count). The minimum Gasteiger partial charge on any atom is -0.406 e. The lowest BCUT2D eigenvalue weighted by Crippen LogP contribution is -2.30. The molecule has 3 heterocycles. The number of ether oxygens (including phenoxy) is 1. The molecule has 1 aromatic carbocycles. The van der Waals surface area contributed by atoms with Gasteiger partial charge in [0.2, 0.25) is 0 Å². The number of hydrogen-bond acceptors (Lipinski definition) is 4. The van der Waals surface area contributed by atoms with E-state index in [-0.39, 0.29) is 11.8 Å². The van der Waals surface area contributed by atoms with Crippen molar-refractivity contribution in [3.05, 3.63) is 35.5 Å². The lowest BCUT2D eigenvalue weighted by molar-refractivity contribution is -0.274. The van der Waals surface area contributed by atoms with Gasteiger partial charge in [0.1, 0.15) is 11.6 Å². The molecular formula is C20H25F3N4O. The van der Waals surface area contributed by atoms with Gasteiger partial charge in [-0.1, -0.05) is 6.42 Å². The number of nitrogens with one attached hydrogen (secondary N) is 1. The molecule has 2 aliphatic heterocycles. The average Bonchev–Trinajstić information content (AvgIpc) is 2.83. The van der Waals surface area contributed by atoms with Crippen LogP contribution in [0.1, 0.15) is 49.4 Å². The van der Waals surface area contributed by atoms with Gasteiger partial charge in [0.15, 0.2) is 0 Å². The van der Waals surface area contributed by atoms with E-state index < -0.39 is 6.36 Å². The molecule has 0 spiro atoms. The van der Waals surface area contributed by atoms with Crippen molar-refractivity contribution in [2.24, 2.45) is 0 Å². The third kappa shape index (κ3) is 3.97. The van der Waals surface area contributed by atoms with E-state index in [1.807, 2.05) is 4.68 Å². The summed E-state index contributed by atoms with van der Waals surface area (Å²) >= 11 is 0. The molecule has 0 amide bonds. The third-order valence-corrected chi connectivity index (χ3v) is 5.56. The number of piperidine rings is 1. The predicted molar refractivity (Wildman–Crippen MR) is 101 cm³/mol. The van der Waals surface area contributed by atoms with Gasteiger partial charge in [0, 0.05) is 12.1 Å². The molecule has 1 fully saturated rings. The second-order valence-corrected chi connectivity index (χ2v) is 7.54. The first-order chi connectivity index (χ1) is 13.4. The van der Waals surface area contributed by atoms with Gasteiger partial charge >= 0.3 is 6.36 Å². The first kappa shape index (κ1) is 19.1. The summed E-state index contributed by atoms with van der Waals surface area (Å²) in [5.74, 6) is 0.741. The second kappa shape index (κ2) is 7.66. The van der Waals surface area contributed by atoms with Crippen molar-refractivity contribution in [2.45, 2.75) is 50.9 Å². The van der Waals surface area contributed by atoms with Crippen LogP contribution >= 0.6 is 0 Å². The summed E-state index contributed by atoms with van der Waals surface area (Å²) in [6.07, 6.45) is 1.95. The molecule has 5 nitrogen and oxygen atoms in total. The molecule has 1 saturated heterocycles. The molecule has 28 heavy (non-hydrogen) atoms. The molecule has 0 bridgehead atoms. The quantitative estimate of drug-likeness (QED) is 0.821. The van der Waals surface area contributed by atoms with E-state index in [0.717, 1.165) is 56.0 Å². The molecular weight excluding hydrogens is 369 g/mol. The number of hydrogen-bond donors (Lipinski definition) is 1. The van der Waals surface area contributed by atoms with Gasteiger partial charge in [-0.25, -0.2) is 4.68 Å². The van der Waals surface area contributed by atoms with Crippen molar-refractivity contribution in [1.82, 2.24) is 14.7 Å². The zero-order valence-electron chi connectivity index (χ0n) is 15.9. The highest BCUT2D eigenvalue weighted by Crippen LogP contribution is 2.37. The Morgan fingerprint density at radius 1 is 1.11 bits per heavy atom. The molecule has 8 heteroatoms. The van der Waals surface area contributed by atoms with E-state index in [9.17, 15) is 13.2 Å². The highest BCUT2D eigenvalue weighted by Gasteiger charge is 2.32. The maximum absolute atomic E-state index is 12.4. The summed E-state index contributed by atoms with van der Waals surface area (Å²) in [6.45, 7) is 1.93. The maximum atomic E-state index is 12.4. The van der Waals surface area contributed by atoms with Gasteiger partial charge in [-0.05, 0) is 70.0 Å². The van der Waals surface area contributed by atoms with Gasteiger partial charge in [-0.2, -0.15) is 5.10 Å². The minimum absolute atomic E-state index is 0.227. The molecule has 1 unspecified atom stereocenters. The Balaban J connectivity index is 1.70. The van der Waals surface area contributed by atoms with E-state index in [2.05, 4.69) is 22.0 Å². The first-order valence-electron chi connectivity index (χ1n) is 9.84. The lowest BCUT2D eigenvalue weighted by Gasteiger charge is -2.31. The number of alkyl halides is 3. The fourth-order valence-electron chi connectivity index (χ4n) is 4.19. The SMILES string of the molecule is CN1CCCCC1c1nn(-c2ccc(OC(F)(F)F)cc2)c2c1CCCCN2. The Morgan fingerprint density at radius 2 is 1.89 bits per heavy atom. The molecule has 1 N–H and O–H groups in total. The van der Waals surface area contributed by atoms with Gasteiger partial charge in [-0.15, -0.1) is 13.2 Å². The van der Waals surface area contributed by atoms with E-state index in [0.29, 0.717) is 0 Å². The van der Waals surface area contributed by atoms with Crippen LogP contribution in [0.15, 0.2) is 24.3 Å². The van der Waals surface area contributed by atoms with Crippen LogP contribution in [0, 0.1) is 0 Å². The Morgan fingerprint density at radius 3 is 2.61 bits per heavy atom. The van der Waals surface area contributed by atoms with E-state index in [4.69, 9.17) is 5.10 Å². The predicted octanol–water partition coefficient (Wildman–Crippen LogP) is 4.68. The van der Waals surface area contributed by atoms with Crippen molar-refractivity contribution in [3.8, 4) is 11.4 Å². The van der Waals surface area contributed by atoms with Crippen LogP contribution in [-0.4, -0.2) is 41.2 Å². The Labute approximate surface area is 162 Å². The number of likely N-dealkylation sites (tertiary alicyclic amines) is 1. The first-order valence-corrected chi connectivity index (χ1v) is 9.84. The minimum atomic E-state index is -4.69. The van der Waals surface area contributed by atoms with Crippen LogP contribution in [-0.2, 0) is 6.42 Å². The number of rotatable bonds is 3. The molecule has 0 aliphatic carbocycles. The fourth-order valence-corrected chi connectivity index (χ4v) is 4.19. The Bertz CT molecular complexity index is 816. The van der Waals surface area contributed by atoms with Gasteiger partial charge in [0.25, 0.3) is 0 Å². The van der Waals surface area contributed by atoms with Crippen molar-refractivity contribution in [2.75, 3.05) is 25.5 Å². The zero-order chi connectivity index (χ0) is 19.7. The van der Waals surface area contributed by atoms with Crippen molar-refractivity contribution < 1.29 is 17.9 Å². The molecule has 152 valence electrons. The maximum Gasteiger partial charge on any atom is 0.573 e. The number of aromatic nitrogens is 2. The van der Waals surface area contributed by atoms with Crippen molar-refractivity contribution in [1.29, 1.82) is 0 Å². The Hall–Kier alpha value is -2.22. The molecule has 2 aromatic rings. The highest BCUT2D eigenvalue weighted by atomic mass is 19.4. The highest BCUT2D eigenvalue weighted by molar-refractivity contribution is 5.55. The van der Waals surface area contributed by atoms with Gasteiger partial charge in [-0.3, -0.25) is 4.90 Å². The van der Waals surface area contributed by atoms with Crippen molar-refractivity contribution >= 4 is 5.82 Å². The topological polar surface area (TPSA) is 42.3 Å². The molecule has 0 radical (unpaired) electrons. The van der Waals surface area contributed by atoms with Gasteiger partial charge < -0.3 is 10.1 Å². The lowest BCUT2D eigenvalue weighted by atomic mass is 9.96. The monoisotopic (exact) mass is 394 g/mol. The smallest absolute Gasteiger partial charge is 0.406 e. The van der Waals surface area contributed by atoms with Crippen molar-refractivity contribution in [3.63, 3.8) is 0 Å². The van der Waals surface area contributed by atoms with Crippen LogP contribution < -0.4 is 10.1 Å². The molecule has 0 saturated carbocycles. The summed E-state index contributed by atoms with van der Waals surface area (Å²) in [5, 5.41) is 8.42. The van der Waals surface area contributed by atoms with Crippen LogP contribution in [0.5, 0.6) is 5.75 Å². The standard InChI is InChI=1S/C20H25F3N4O/c1-26-13-5-3-7-17(26)18-16-6-2-4-12-24-19(16)27(25-18)14-8-10-15(11-9-14)28-20(21,22)23/h8-11,17,24H,2-7,12-13H2,1H3. The summed E-state index contributed by atoms with van der Waals surface area (Å²) in [4.78, 5) is 2.36. The van der Waals surface area contributed by atoms with E-state index in [1.165, 1.54) is 30.5 Å². The molecule has 1 aromatic heterocycles. The Kier molecular flexibility index (Phi) is 5.23. The van der Waals surface area contributed by atoms with Crippen LogP contribution in [0.3, 0.4) is 0 Å². The van der Waals surface area contributed by atoms with Crippen LogP contribution in [0.2, 0.25) is 0 Å². The number of nitrogens with zero attached hydrogens (tertiary/aromatic N) is 3.